The molecule has 0 aliphatic carbocycles. The van der Waals surface area contributed by atoms with Crippen LogP contribution >= 0.6 is 0 Å². The van der Waals surface area contributed by atoms with Crippen LogP contribution in [0.3, 0.4) is 0 Å². The number of fused-ring (bicyclic) bond motifs is 2. The van der Waals surface area contributed by atoms with Crippen molar-refractivity contribution < 1.29 is 17.7 Å². The van der Waals surface area contributed by atoms with Crippen molar-refractivity contribution in [1.29, 1.82) is 5.26 Å². The molecule has 0 aliphatic rings. The molecule has 0 unspecified atom stereocenters. The summed E-state index contributed by atoms with van der Waals surface area (Å²) in [5, 5.41) is 20.9. The zero-order chi connectivity index (χ0) is 40.6. The number of nitrogens with one attached hydrogen (secondary N) is 2. The monoisotopic (exact) mass is 785 g/mol. The lowest BCUT2D eigenvalue weighted by atomic mass is 10.0. The molecular formula is C44H30F3N11O. The number of hydrogen-bond donors (Lipinski definition) is 2. The van der Waals surface area contributed by atoms with Crippen LogP contribution in [0, 0.1) is 11.3 Å². The number of nitrogens with zero attached hydrogens (tertiary/aromatic N) is 9. The quantitative estimate of drug-likeness (QED) is 0.143. The van der Waals surface area contributed by atoms with E-state index in [4.69, 9.17) is 0 Å². The second kappa shape index (κ2) is 16.9. The van der Waals surface area contributed by atoms with Crippen LogP contribution in [0.25, 0.3) is 55.7 Å². The summed E-state index contributed by atoms with van der Waals surface area (Å²) in [6, 6.07) is 44.5. The van der Waals surface area contributed by atoms with Crippen molar-refractivity contribution in [2.24, 2.45) is 0 Å². The number of pyridine rings is 2. The first-order valence-corrected chi connectivity index (χ1v) is 18.2. The first-order chi connectivity index (χ1) is 28.8. The van der Waals surface area contributed by atoms with Crippen molar-refractivity contribution in [1.82, 2.24) is 40.0 Å². The lowest BCUT2D eigenvalue weighted by Gasteiger charge is -2.13. The molecule has 5 aromatic heterocycles. The zero-order valence-corrected chi connectivity index (χ0v) is 30.8. The minimum atomic E-state index is -4.76. The van der Waals surface area contributed by atoms with Crippen LogP contribution in [0.1, 0.15) is 23.1 Å². The van der Waals surface area contributed by atoms with E-state index >= 15 is 0 Å². The molecule has 0 aliphatic heterocycles. The minimum absolute atomic E-state index is 0.0875. The van der Waals surface area contributed by atoms with Gasteiger partial charge in [-0.2, -0.15) is 23.4 Å². The van der Waals surface area contributed by atoms with Crippen molar-refractivity contribution in [3.63, 3.8) is 0 Å². The average molecular weight is 786 g/mol. The lowest BCUT2D eigenvalue weighted by Crippen LogP contribution is -2.07. The maximum absolute atomic E-state index is 12.9. The first-order valence-electron chi connectivity index (χ1n) is 18.2. The predicted molar refractivity (Wildman–Crippen MR) is 216 cm³/mol. The number of rotatable bonds is 9. The Balaban J connectivity index is 0.000000169. The van der Waals surface area contributed by atoms with Gasteiger partial charge < -0.3 is 15.2 Å². The highest BCUT2D eigenvalue weighted by Gasteiger charge is 2.39. The van der Waals surface area contributed by atoms with E-state index in [0.717, 1.165) is 44.5 Å². The number of halogens is 3. The smallest absolute Gasteiger partial charge is 0.364 e. The van der Waals surface area contributed by atoms with Gasteiger partial charge in [0.2, 0.25) is 17.5 Å². The van der Waals surface area contributed by atoms with Gasteiger partial charge >= 0.3 is 12.1 Å². The lowest BCUT2D eigenvalue weighted by molar-refractivity contribution is -0.159. The molecule has 9 rings (SSSR count). The summed E-state index contributed by atoms with van der Waals surface area (Å²) < 4.78 is 43.2. The molecule has 59 heavy (non-hydrogen) atoms. The third-order valence-electron chi connectivity index (χ3n) is 8.91. The van der Waals surface area contributed by atoms with Crippen LogP contribution in [0.5, 0.6) is 0 Å². The van der Waals surface area contributed by atoms with Gasteiger partial charge in [-0.25, -0.2) is 19.9 Å². The Morgan fingerprint density at radius 2 is 1.07 bits per heavy atom. The van der Waals surface area contributed by atoms with Gasteiger partial charge in [-0.15, -0.1) is 0 Å². The Hall–Kier alpha value is -8.12. The first kappa shape index (κ1) is 37.8. The summed E-state index contributed by atoms with van der Waals surface area (Å²) >= 11 is 0. The van der Waals surface area contributed by atoms with Crippen molar-refractivity contribution in [3.8, 4) is 40.0 Å². The third kappa shape index (κ3) is 8.66. The highest BCUT2D eigenvalue weighted by atomic mass is 19.4. The van der Waals surface area contributed by atoms with Crippen LogP contribution in [-0.2, 0) is 19.3 Å². The molecule has 9 aromatic rings. The van der Waals surface area contributed by atoms with Gasteiger partial charge in [-0.1, -0.05) is 102 Å². The molecule has 0 atom stereocenters. The summed E-state index contributed by atoms with van der Waals surface area (Å²) in [7, 11) is 0. The second-order valence-electron chi connectivity index (χ2n) is 12.8. The van der Waals surface area contributed by atoms with E-state index in [1.165, 1.54) is 0 Å². The summed E-state index contributed by atoms with van der Waals surface area (Å²) in [5.74, 6) is -0.700. The van der Waals surface area contributed by atoms with Gasteiger partial charge in [-0.05, 0) is 58.7 Å². The van der Waals surface area contributed by atoms with Gasteiger partial charge in [0, 0.05) is 12.4 Å². The van der Waals surface area contributed by atoms with Crippen molar-refractivity contribution in [3.05, 3.63) is 169 Å². The summed E-state index contributed by atoms with van der Waals surface area (Å²) in [6.07, 6.45) is -1.33. The van der Waals surface area contributed by atoms with E-state index in [2.05, 4.69) is 67.3 Å². The standard InChI is InChI=1S/C23H15F3N6O.C21H15N5/c24-23(25,26)22-31-21(32-33-22)20-29-17-11-6-10-16(14-7-2-1-3-8-14)18(17)19(30-20)28-13-15-9-4-5-12-27-15;22-13-19-25-18-11-6-10-17(15-7-2-1-3-8-15)20(18)21(26-19)24-14-16-9-4-5-12-23-16/h1-12H,13H2,(H,28,29,30);1-12H,14H2,(H,24,25,26). The fraction of sp³-hybridized carbons (Fsp3) is 0.0682. The van der Waals surface area contributed by atoms with Crippen LogP contribution in [0.4, 0.5) is 24.8 Å². The highest BCUT2D eigenvalue weighted by Crippen LogP contribution is 2.35. The Kier molecular flexibility index (Phi) is 10.8. The molecule has 288 valence electrons. The molecular weight excluding hydrogens is 756 g/mol. The molecule has 0 amide bonds. The highest BCUT2D eigenvalue weighted by molar-refractivity contribution is 6.03. The number of nitriles is 1. The molecule has 0 spiro atoms. The summed E-state index contributed by atoms with van der Waals surface area (Å²) in [4.78, 5) is 29.7. The molecule has 0 fully saturated rings. The number of benzene rings is 4. The molecule has 0 saturated carbocycles. The molecule has 0 saturated heterocycles. The molecule has 2 N–H and O–H groups in total. The van der Waals surface area contributed by atoms with Gasteiger partial charge in [0.25, 0.3) is 0 Å². The number of anilines is 2. The second-order valence-corrected chi connectivity index (χ2v) is 12.8. The topological polar surface area (TPSA) is 164 Å². The fourth-order valence-corrected chi connectivity index (χ4v) is 6.27. The van der Waals surface area contributed by atoms with Gasteiger partial charge in [0.05, 0.1) is 46.3 Å². The van der Waals surface area contributed by atoms with Crippen molar-refractivity contribution >= 4 is 33.4 Å². The maximum atomic E-state index is 12.9. The van der Waals surface area contributed by atoms with Crippen LogP contribution < -0.4 is 10.6 Å². The van der Waals surface area contributed by atoms with Crippen LogP contribution in [0.15, 0.2) is 150 Å². The Bertz CT molecular complexity index is 2890. The van der Waals surface area contributed by atoms with Gasteiger partial charge in [0.15, 0.2) is 0 Å². The summed E-state index contributed by atoms with van der Waals surface area (Å²) in [6.45, 7) is 0.858. The van der Waals surface area contributed by atoms with Crippen molar-refractivity contribution in [2.45, 2.75) is 19.3 Å². The molecule has 0 bridgehead atoms. The largest absolute Gasteiger partial charge is 0.471 e. The Morgan fingerprint density at radius 3 is 1.56 bits per heavy atom. The van der Waals surface area contributed by atoms with Gasteiger partial charge in [0.1, 0.15) is 17.7 Å². The molecule has 5 heterocycles. The van der Waals surface area contributed by atoms with E-state index < -0.39 is 12.1 Å². The number of aromatic nitrogens is 8. The van der Waals surface area contributed by atoms with E-state index in [0.29, 0.717) is 35.6 Å². The fourth-order valence-electron chi connectivity index (χ4n) is 6.27. The predicted octanol–water partition coefficient (Wildman–Crippen LogP) is 9.55. The third-order valence-corrected chi connectivity index (χ3v) is 8.91. The molecule has 0 radical (unpaired) electrons. The summed E-state index contributed by atoms with van der Waals surface area (Å²) in [5.41, 5.74) is 6.83. The van der Waals surface area contributed by atoms with Gasteiger partial charge in [-0.3, -0.25) is 9.97 Å². The van der Waals surface area contributed by atoms with E-state index in [1.807, 2.05) is 121 Å². The normalized spacial score (nSPS) is 11.1. The van der Waals surface area contributed by atoms with Crippen LogP contribution in [0.2, 0.25) is 0 Å². The molecule has 4 aromatic carbocycles. The number of alkyl halides is 3. The van der Waals surface area contributed by atoms with E-state index in [1.54, 1.807) is 18.5 Å². The minimum Gasteiger partial charge on any atom is -0.364 e. The zero-order valence-electron chi connectivity index (χ0n) is 30.8. The van der Waals surface area contributed by atoms with E-state index in [9.17, 15) is 18.4 Å². The van der Waals surface area contributed by atoms with Crippen LogP contribution in [-0.4, -0.2) is 40.0 Å². The van der Waals surface area contributed by atoms with E-state index in [-0.39, 0.29) is 17.5 Å². The molecule has 12 nitrogen and oxygen atoms in total. The van der Waals surface area contributed by atoms with Crippen molar-refractivity contribution in [2.75, 3.05) is 10.6 Å². The number of hydrogen-bond acceptors (Lipinski definition) is 12. The SMILES string of the molecule is FC(F)(F)c1nc(-c2nc(NCc3ccccn3)c3c(-c4ccccc4)cccc3n2)no1.N#Cc1nc(NCc2ccccn2)c2c(-c3ccccc3)cccc2n1. The average Bonchev–Trinajstić information content (AvgIpc) is 3.80. The Labute approximate surface area is 334 Å². The maximum Gasteiger partial charge on any atom is 0.471 e. The molecule has 15 heteroatoms. The Morgan fingerprint density at radius 1 is 0.542 bits per heavy atom.